The third kappa shape index (κ3) is 5.51. The third-order valence-electron chi connectivity index (χ3n) is 4.06. The van der Waals surface area contributed by atoms with Crippen molar-refractivity contribution >= 4 is 5.91 Å². The fourth-order valence-electron chi connectivity index (χ4n) is 2.65. The predicted octanol–water partition coefficient (Wildman–Crippen LogP) is 0.923. The number of rotatable bonds is 9. The van der Waals surface area contributed by atoms with E-state index in [0.29, 0.717) is 55.7 Å². The molecular formula is C20H24N2O6. The number of hydrogen-bond acceptors (Lipinski definition) is 7. The van der Waals surface area contributed by atoms with Crippen molar-refractivity contribution in [3.63, 3.8) is 0 Å². The Morgan fingerprint density at radius 3 is 2.71 bits per heavy atom. The first kappa shape index (κ1) is 19.8. The summed E-state index contributed by atoms with van der Waals surface area (Å²) in [7, 11) is 0. The van der Waals surface area contributed by atoms with Gasteiger partial charge in [0.05, 0.1) is 0 Å². The molecule has 8 heteroatoms. The van der Waals surface area contributed by atoms with E-state index >= 15 is 0 Å². The summed E-state index contributed by atoms with van der Waals surface area (Å²) in [5.41, 5.74) is 0.476. The number of para-hydroxylation sites is 1. The number of nitrogens with one attached hydrogen (secondary N) is 2. The highest BCUT2D eigenvalue weighted by molar-refractivity contribution is 5.94. The molecule has 1 amide bonds. The highest BCUT2D eigenvalue weighted by Crippen LogP contribution is 2.38. The van der Waals surface area contributed by atoms with Gasteiger partial charge in [-0.05, 0) is 36.4 Å². The molecule has 3 rings (SSSR count). The van der Waals surface area contributed by atoms with E-state index in [1.807, 2.05) is 12.1 Å². The molecule has 0 fully saturated rings. The molecule has 0 spiro atoms. The number of phenolic OH excluding ortho intramolecular Hbond substituents is 1. The molecule has 1 aliphatic rings. The lowest BCUT2D eigenvalue weighted by Gasteiger charge is -2.21. The topological polar surface area (TPSA) is 109 Å². The SMILES string of the molecule is O=C(NCCNCC(O)COc1cccc2c1OCCO2)c1ccc(O)cc1. The van der Waals surface area contributed by atoms with Crippen molar-refractivity contribution in [3.8, 4) is 23.0 Å². The Balaban J connectivity index is 1.32. The van der Waals surface area contributed by atoms with Gasteiger partial charge in [-0.15, -0.1) is 0 Å². The fourth-order valence-corrected chi connectivity index (χ4v) is 2.65. The first-order valence-corrected chi connectivity index (χ1v) is 9.11. The Kier molecular flexibility index (Phi) is 6.94. The molecule has 150 valence electrons. The predicted molar refractivity (Wildman–Crippen MR) is 102 cm³/mol. The van der Waals surface area contributed by atoms with E-state index in [4.69, 9.17) is 14.2 Å². The van der Waals surface area contributed by atoms with Gasteiger partial charge in [-0.25, -0.2) is 0 Å². The van der Waals surface area contributed by atoms with Gasteiger partial charge in [0.15, 0.2) is 11.5 Å². The first-order valence-electron chi connectivity index (χ1n) is 9.11. The molecule has 2 aromatic rings. The molecule has 0 radical (unpaired) electrons. The van der Waals surface area contributed by atoms with Crippen molar-refractivity contribution in [2.45, 2.75) is 6.10 Å². The van der Waals surface area contributed by atoms with Crippen LogP contribution in [0.2, 0.25) is 0 Å². The van der Waals surface area contributed by atoms with Gasteiger partial charge in [0, 0.05) is 25.2 Å². The Morgan fingerprint density at radius 1 is 1.11 bits per heavy atom. The summed E-state index contributed by atoms with van der Waals surface area (Å²) in [4.78, 5) is 11.9. The molecule has 28 heavy (non-hydrogen) atoms. The van der Waals surface area contributed by atoms with E-state index in [2.05, 4.69) is 10.6 Å². The Bertz CT molecular complexity index is 781. The number of amides is 1. The summed E-state index contributed by atoms with van der Waals surface area (Å²) >= 11 is 0. The summed E-state index contributed by atoms with van der Waals surface area (Å²) < 4.78 is 16.7. The van der Waals surface area contributed by atoms with Gasteiger partial charge in [0.25, 0.3) is 5.91 Å². The summed E-state index contributed by atoms with van der Waals surface area (Å²) in [6, 6.07) is 11.4. The second kappa shape index (κ2) is 9.82. The number of carbonyl (C=O) groups is 1. The molecule has 1 unspecified atom stereocenters. The average Bonchev–Trinajstić information content (AvgIpc) is 2.72. The standard InChI is InChI=1S/C20H24N2O6/c23-15-6-4-14(5-7-15)20(25)22-9-8-21-12-16(24)13-28-18-3-1-2-17-19(18)27-11-10-26-17/h1-7,16,21,23-24H,8-13H2,(H,22,25). The van der Waals surface area contributed by atoms with Crippen molar-refractivity contribution in [2.24, 2.45) is 0 Å². The van der Waals surface area contributed by atoms with Crippen molar-refractivity contribution in [3.05, 3.63) is 48.0 Å². The molecule has 1 aliphatic heterocycles. The molecule has 8 nitrogen and oxygen atoms in total. The highest BCUT2D eigenvalue weighted by atomic mass is 16.6. The molecule has 4 N–H and O–H groups in total. The second-order valence-electron chi connectivity index (χ2n) is 6.25. The minimum Gasteiger partial charge on any atom is -0.508 e. The van der Waals surface area contributed by atoms with Crippen LogP contribution in [0.15, 0.2) is 42.5 Å². The average molecular weight is 388 g/mol. The van der Waals surface area contributed by atoms with Gasteiger partial charge in [-0.3, -0.25) is 4.79 Å². The minimum absolute atomic E-state index is 0.104. The molecule has 0 aromatic heterocycles. The number of fused-ring (bicyclic) bond motifs is 1. The van der Waals surface area contributed by atoms with E-state index in [0.717, 1.165) is 0 Å². The summed E-state index contributed by atoms with van der Waals surface area (Å²) in [5, 5.41) is 25.1. The fraction of sp³-hybridized carbons (Fsp3) is 0.350. The Morgan fingerprint density at radius 2 is 1.89 bits per heavy atom. The van der Waals surface area contributed by atoms with Crippen LogP contribution in [0.5, 0.6) is 23.0 Å². The lowest BCUT2D eigenvalue weighted by Crippen LogP contribution is -2.37. The normalized spacial score (nSPS) is 13.6. The van der Waals surface area contributed by atoms with Crippen molar-refractivity contribution in [1.29, 1.82) is 0 Å². The van der Waals surface area contributed by atoms with Crippen LogP contribution in [0.4, 0.5) is 0 Å². The molecule has 1 atom stereocenters. The second-order valence-corrected chi connectivity index (χ2v) is 6.25. The van der Waals surface area contributed by atoms with Crippen molar-refractivity contribution < 1.29 is 29.2 Å². The van der Waals surface area contributed by atoms with E-state index in [-0.39, 0.29) is 18.3 Å². The number of phenols is 1. The molecule has 0 aliphatic carbocycles. The largest absolute Gasteiger partial charge is 0.508 e. The van der Waals surface area contributed by atoms with Crippen LogP contribution in [0, 0.1) is 0 Å². The maximum atomic E-state index is 11.9. The number of aliphatic hydroxyl groups is 1. The molecule has 2 aromatic carbocycles. The molecule has 0 saturated heterocycles. The van der Waals surface area contributed by atoms with Gasteiger partial charge in [-0.1, -0.05) is 6.07 Å². The summed E-state index contributed by atoms with van der Waals surface area (Å²) in [6.07, 6.45) is -0.715. The zero-order chi connectivity index (χ0) is 19.8. The number of ether oxygens (including phenoxy) is 3. The smallest absolute Gasteiger partial charge is 0.251 e. The number of hydrogen-bond donors (Lipinski definition) is 4. The van der Waals surface area contributed by atoms with Gasteiger partial charge in [-0.2, -0.15) is 0 Å². The van der Waals surface area contributed by atoms with E-state index in [1.54, 1.807) is 18.2 Å². The maximum Gasteiger partial charge on any atom is 0.251 e. The minimum atomic E-state index is -0.715. The van der Waals surface area contributed by atoms with E-state index in [9.17, 15) is 15.0 Å². The maximum absolute atomic E-state index is 11.9. The lowest BCUT2D eigenvalue weighted by atomic mass is 10.2. The summed E-state index contributed by atoms with van der Waals surface area (Å²) in [5.74, 6) is 1.63. The Labute approximate surface area is 163 Å². The van der Waals surface area contributed by atoms with Crippen LogP contribution in [-0.4, -0.2) is 61.7 Å². The van der Waals surface area contributed by atoms with Crippen LogP contribution >= 0.6 is 0 Å². The number of aromatic hydroxyl groups is 1. The van der Waals surface area contributed by atoms with Crippen molar-refractivity contribution in [2.75, 3.05) is 39.5 Å². The zero-order valence-electron chi connectivity index (χ0n) is 15.4. The van der Waals surface area contributed by atoms with Crippen LogP contribution in [0.3, 0.4) is 0 Å². The van der Waals surface area contributed by atoms with Gasteiger partial charge >= 0.3 is 0 Å². The van der Waals surface area contributed by atoms with Crippen LogP contribution in [0.1, 0.15) is 10.4 Å². The summed E-state index contributed by atoms with van der Waals surface area (Å²) in [6.45, 7) is 2.30. The van der Waals surface area contributed by atoms with Gasteiger partial charge in [0.2, 0.25) is 5.75 Å². The number of benzene rings is 2. The third-order valence-corrected chi connectivity index (χ3v) is 4.06. The number of carbonyl (C=O) groups excluding carboxylic acids is 1. The van der Waals surface area contributed by atoms with E-state index < -0.39 is 6.10 Å². The van der Waals surface area contributed by atoms with Gasteiger partial charge in [0.1, 0.15) is 31.7 Å². The van der Waals surface area contributed by atoms with Crippen molar-refractivity contribution in [1.82, 2.24) is 10.6 Å². The van der Waals surface area contributed by atoms with Gasteiger partial charge < -0.3 is 35.1 Å². The highest BCUT2D eigenvalue weighted by Gasteiger charge is 2.17. The molecular weight excluding hydrogens is 364 g/mol. The van der Waals surface area contributed by atoms with E-state index in [1.165, 1.54) is 12.1 Å². The molecule has 0 saturated carbocycles. The number of aliphatic hydroxyl groups excluding tert-OH is 1. The van der Waals surface area contributed by atoms with Crippen LogP contribution in [0.25, 0.3) is 0 Å². The lowest BCUT2D eigenvalue weighted by molar-refractivity contribution is 0.0947. The quantitative estimate of drug-likeness (QED) is 0.473. The zero-order valence-corrected chi connectivity index (χ0v) is 15.4. The first-order chi connectivity index (χ1) is 13.6. The molecule has 1 heterocycles. The van der Waals surface area contributed by atoms with Crippen LogP contribution < -0.4 is 24.8 Å². The molecule has 0 bridgehead atoms. The van der Waals surface area contributed by atoms with Crippen LogP contribution in [-0.2, 0) is 0 Å². The Hall–Kier alpha value is -2.97. The monoisotopic (exact) mass is 388 g/mol.